The van der Waals surface area contributed by atoms with Gasteiger partial charge in [-0.15, -0.1) is 24.0 Å². The van der Waals surface area contributed by atoms with Gasteiger partial charge in [-0.1, -0.05) is 24.3 Å². The van der Waals surface area contributed by atoms with Crippen LogP contribution in [-0.2, 0) is 0 Å². The zero-order valence-corrected chi connectivity index (χ0v) is 17.0. The Hall–Kier alpha value is -2.35. The van der Waals surface area contributed by atoms with Crippen LogP contribution in [0.2, 0.25) is 0 Å². The van der Waals surface area contributed by atoms with E-state index in [1.54, 1.807) is 30.3 Å². The maximum atomic E-state index is 12.3. The highest BCUT2D eigenvalue weighted by Crippen LogP contribution is 2.34. The fourth-order valence-electron chi connectivity index (χ4n) is 2.50. The molecule has 4 rings (SSSR count). The van der Waals surface area contributed by atoms with Gasteiger partial charge in [0, 0.05) is 19.5 Å². The third kappa shape index (κ3) is 4.00. The van der Waals surface area contributed by atoms with Gasteiger partial charge in [-0.2, -0.15) is 0 Å². The molecule has 3 aromatic carbocycles. The molecule has 0 unspecified atom stereocenters. The standard InChI is InChI=1S/C13H7BrO2S.C7H6O2S/c14-8-5-6-9(15)13-11(8)12(16)7-3-1-2-4-10(7)17-13;8-7(9)5-3-1-2-4-6(5)10/h1-6,15H;1-4,10H,(H,8,9). The molecule has 0 amide bonds. The molecular weight excluding hydrogens is 448 g/mol. The van der Waals surface area contributed by atoms with Crippen molar-refractivity contribution in [3.63, 3.8) is 0 Å². The van der Waals surface area contributed by atoms with Gasteiger partial charge in [0.25, 0.3) is 0 Å². The highest BCUT2D eigenvalue weighted by molar-refractivity contribution is 9.10. The fourth-order valence-corrected chi connectivity index (χ4v) is 4.52. The summed E-state index contributed by atoms with van der Waals surface area (Å²) < 4.78 is 2.23. The lowest BCUT2D eigenvalue weighted by molar-refractivity contribution is 0.0693. The van der Waals surface area contributed by atoms with Crippen LogP contribution in [0.1, 0.15) is 10.4 Å². The van der Waals surface area contributed by atoms with Crippen LogP contribution in [0.4, 0.5) is 0 Å². The first-order chi connectivity index (χ1) is 12.9. The van der Waals surface area contributed by atoms with E-state index in [4.69, 9.17) is 5.11 Å². The number of thiol groups is 1. The minimum atomic E-state index is -0.939. The first-order valence-electron chi connectivity index (χ1n) is 7.74. The smallest absolute Gasteiger partial charge is 0.336 e. The predicted octanol–water partition coefficient (Wildman–Crippen LogP) is 5.56. The van der Waals surface area contributed by atoms with Crippen molar-refractivity contribution >= 4 is 66.0 Å². The monoisotopic (exact) mass is 460 g/mol. The number of carboxylic acids is 1. The van der Waals surface area contributed by atoms with Crippen molar-refractivity contribution < 1.29 is 15.0 Å². The molecule has 0 saturated heterocycles. The Morgan fingerprint density at radius 3 is 2.33 bits per heavy atom. The molecule has 27 heavy (non-hydrogen) atoms. The second-order valence-electron chi connectivity index (χ2n) is 5.52. The highest BCUT2D eigenvalue weighted by atomic mass is 79.9. The van der Waals surface area contributed by atoms with E-state index in [2.05, 4.69) is 28.6 Å². The van der Waals surface area contributed by atoms with Gasteiger partial charge in [-0.05, 0) is 52.3 Å². The maximum Gasteiger partial charge on any atom is 0.336 e. The van der Waals surface area contributed by atoms with Gasteiger partial charge in [0.2, 0.25) is 0 Å². The average Bonchev–Trinajstić information content (AvgIpc) is 2.65. The van der Waals surface area contributed by atoms with Gasteiger partial charge in [-0.25, -0.2) is 4.79 Å². The molecule has 0 spiro atoms. The Morgan fingerprint density at radius 2 is 1.67 bits per heavy atom. The molecule has 0 bridgehead atoms. The summed E-state index contributed by atoms with van der Waals surface area (Å²) in [5.74, 6) is -0.790. The SMILES string of the molecule is O=C(O)c1ccccc1S.O=c1c2ccccc2sc2c(O)ccc(Br)c12. The van der Waals surface area contributed by atoms with Crippen LogP contribution in [0.15, 0.2) is 74.8 Å². The molecular formula is C20H13BrO4S2. The zero-order valence-electron chi connectivity index (χ0n) is 13.7. The number of phenols is 1. The number of aromatic carboxylic acids is 1. The lowest BCUT2D eigenvalue weighted by Crippen LogP contribution is -2.01. The first kappa shape index (κ1) is 19.4. The van der Waals surface area contributed by atoms with E-state index in [0.717, 1.165) is 9.17 Å². The number of aromatic hydroxyl groups is 1. The average molecular weight is 461 g/mol. The number of carbonyl (C=O) groups is 1. The molecule has 0 saturated carbocycles. The molecule has 0 atom stereocenters. The topological polar surface area (TPSA) is 74.6 Å². The van der Waals surface area contributed by atoms with Crippen molar-refractivity contribution in [2.75, 3.05) is 0 Å². The van der Waals surface area contributed by atoms with E-state index in [1.807, 2.05) is 24.3 Å². The molecule has 0 aliphatic carbocycles. The van der Waals surface area contributed by atoms with Crippen molar-refractivity contribution in [2.24, 2.45) is 0 Å². The van der Waals surface area contributed by atoms with Crippen LogP contribution in [-0.4, -0.2) is 16.2 Å². The van der Waals surface area contributed by atoms with Crippen molar-refractivity contribution in [1.29, 1.82) is 0 Å². The van der Waals surface area contributed by atoms with E-state index in [0.29, 0.717) is 20.4 Å². The van der Waals surface area contributed by atoms with Gasteiger partial charge in [0.15, 0.2) is 5.43 Å². The maximum absolute atomic E-state index is 12.3. The lowest BCUT2D eigenvalue weighted by Gasteiger charge is -2.04. The lowest BCUT2D eigenvalue weighted by atomic mass is 10.2. The summed E-state index contributed by atoms with van der Waals surface area (Å²) in [4.78, 5) is 23.2. The fraction of sp³-hybridized carbons (Fsp3) is 0. The summed E-state index contributed by atoms with van der Waals surface area (Å²) in [6.45, 7) is 0. The largest absolute Gasteiger partial charge is 0.506 e. The van der Waals surface area contributed by atoms with Gasteiger partial charge in [-0.3, -0.25) is 4.79 Å². The van der Waals surface area contributed by atoms with Crippen LogP contribution in [0.25, 0.3) is 20.2 Å². The van der Waals surface area contributed by atoms with E-state index < -0.39 is 5.97 Å². The summed E-state index contributed by atoms with van der Waals surface area (Å²) in [6, 6.07) is 17.3. The van der Waals surface area contributed by atoms with Crippen LogP contribution in [0.5, 0.6) is 5.75 Å². The highest BCUT2D eigenvalue weighted by Gasteiger charge is 2.11. The molecule has 136 valence electrons. The van der Waals surface area contributed by atoms with Gasteiger partial charge < -0.3 is 10.2 Å². The molecule has 1 heterocycles. The molecule has 0 fully saturated rings. The molecule has 1 aromatic heterocycles. The number of hydrogen-bond acceptors (Lipinski definition) is 5. The quantitative estimate of drug-likeness (QED) is 0.257. The van der Waals surface area contributed by atoms with Crippen molar-refractivity contribution in [3.05, 3.63) is 80.9 Å². The minimum absolute atomic E-state index is 0.0443. The molecule has 2 N–H and O–H groups in total. The van der Waals surface area contributed by atoms with E-state index in [-0.39, 0.29) is 16.7 Å². The van der Waals surface area contributed by atoms with Crippen LogP contribution in [0.3, 0.4) is 0 Å². The van der Waals surface area contributed by atoms with Crippen molar-refractivity contribution in [1.82, 2.24) is 0 Å². The van der Waals surface area contributed by atoms with Crippen molar-refractivity contribution in [2.45, 2.75) is 4.90 Å². The van der Waals surface area contributed by atoms with Gasteiger partial charge >= 0.3 is 5.97 Å². The molecule has 0 aliphatic rings. The van der Waals surface area contributed by atoms with Gasteiger partial charge in [0.05, 0.1) is 15.6 Å². The Bertz CT molecular complexity index is 1220. The number of phenolic OH excluding ortho intramolecular Hbond substituents is 1. The van der Waals surface area contributed by atoms with Crippen LogP contribution >= 0.6 is 39.9 Å². The second-order valence-corrected chi connectivity index (χ2v) is 7.91. The molecule has 0 radical (unpaired) electrons. The van der Waals surface area contributed by atoms with E-state index in [9.17, 15) is 14.7 Å². The summed E-state index contributed by atoms with van der Waals surface area (Å²) in [7, 11) is 0. The third-order valence-electron chi connectivity index (χ3n) is 3.79. The molecule has 4 aromatic rings. The van der Waals surface area contributed by atoms with E-state index >= 15 is 0 Å². The summed E-state index contributed by atoms with van der Waals surface area (Å²) in [6.07, 6.45) is 0. The normalized spacial score (nSPS) is 10.4. The summed E-state index contributed by atoms with van der Waals surface area (Å²) in [5.41, 5.74) is 0.197. The summed E-state index contributed by atoms with van der Waals surface area (Å²) in [5, 5.41) is 19.6. The third-order valence-corrected chi connectivity index (χ3v) is 6.04. The zero-order chi connectivity index (χ0) is 19.6. The molecule has 0 aliphatic heterocycles. The number of benzene rings is 3. The van der Waals surface area contributed by atoms with Crippen LogP contribution < -0.4 is 5.43 Å². The number of rotatable bonds is 1. The predicted molar refractivity (Wildman–Crippen MR) is 116 cm³/mol. The van der Waals surface area contributed by atoms with Gasteiger partial charge in [0.1, 0.15) is 5.75 Å². The Kier molecular flexibility index (Phi) is 5.84. The number of halogens is 1. The van der Waals surface area contributed by atoms with Crippen molar-refractivity contribution in [3.8, 4) is 5.75 Å². The molecule has 4 nitrogen and oxygen atoms in total. The Balaban J connectivity index is 0.000000180. The first-order valence-corrected chi connectivity index (χ1v) is 9.80. The number of hydrogen-bond donors (Lipinski definition) is 3. The van der Waals surface area contributed by atoms with Crippen LogP contribution in [0, 0.1) is 0 Å². The number of fused-ring (bicyclic) bond motifs is 2. The summed E-state index contributed by atoms with van der Waals surface area (Å²) >= 11 is 8.75. The molecule has 7 heteroatoms. The number of carboxylic acid groups (broad SMARTS) is 1. The minimum Gasteiger partial charge on any atom is -0.506 e. The Morgan fingerprint density at radius 1 is 1.00 bits per heavy atom. The van der Waals surface area contributed by atoms with E-state index in [1.165, 1.54) is 17.4 Å². The Labute approximate surface area is 172 Å². The second kappa shape index (κ2) is 8.12.